The molecule has 82 valence electrons. The first-order valence-electron chi connectivity index (χ1n) is 4.89. The van der Waals surface area contributed by atoms with Crippen LogP contribution in [0.1, 0.15) is 12.8 Å². The van der Waals surface area contributed by atoms with Crippen molar-refractivity contribution >= 4 is 15.7 Å². The van der Waals surface area contributed by atoms with Crippen molar-refractivity contribution in [2.75, 3.05) is 16.8 Å². The van der Waals surface area contributed by atoms with Crippen LogP contribution in [-0.4, -0.2) is 35.9 Å². The van der Waals surface area contributed by atoms with Gasteiger partial charge < -0.3 is 5.32 Å². The number of aromatic nitrogens is 2. The van der Waals surface area contributed by atoms with E-state index >= 15 is 0 Å². The number of nitrogens with one attached hydrogen (secondary N) is 1. The van der Waals surface area contributed by atoms with Gasteiger partial charge in [-0.25, -0.2) is 18.4 Å². The molecule has 1 saturated heterocycles. The van der Waals surface area contributed by atoms with E-state index in [4.69, 9.17) is 0 Å². The van der Waals surface area contributed by atoms with Gasteiger partial charge in [-0.15, -0.1) is 0 Å². The van der Waals surface area contributed by atoms with Crippen LogP contribution in [0.3, 0.4) is 0 Å². The number of hydrogen-bond acceptors (Lipinski definition) is 5. The van der Waals surface area contributed by atoms with Crippen LogP contribution in [0.4, 0.5) is 5.82 Å². The average Bonchev–Trinajstić information content (AvgIpc) is 2.23. The predicted molar refractivity (Wildman–Crippen MR) is 57.3 cm³/mol. The molecule has 5 nitrogen and oxygen atoms in total. The molecule has 0 aliphatic carbocycles. The minimum Gasteiger partial charge on any atom is -0.367 e. The smallest absolute Gasteiger partial charge is 0.150 e. The van der Waals surface area contributed by atoms with Crippen LogP contribution in [0.5, 0.6) is 0 Å². The highest BCUT2D eigenvalue weighted by molar-refractivity contribution is 7.91. The number of hydrogen-bond donors (Lipinski definition) is 1. The molecule has 1 aliphatic heterocycles. The molecule has 0 unspecified atom stereocenters. The lowest BCUT2D eigenvalue weighted by Crippen LogP contribution is -2.32. The van der Waals surface area contributed by atoms with Gasteiger partial charge in [0.25, 0.3) is 0 Å². The molecule has 6 heteroatoms. The van der Waals surface area contributed by atoms with E-state index in [0.29, 0.717) is 12.8 Å². The maximum atomic E-state index is 11.2. The fraction of sp³-hybridized carbons (Fsp3) is 0.556. The van der Waals surface area contributed by atoms with Crippen LogP contribution in [0, 0.1) is 0 Å². The molecule has 2 rings (SSSR count). The zero-order valence-corrected chi connectivity index (χ0v) is 9.07. The minimum absolute atomic E-state index is 0.212. The Morgan fingerprint density at radius 1 is 1.33 bits per heavy atom. The minimum atomic E-state index is -2.78. The Kier molecular flexibility index (Phi) is 2.86. The Morgan fingerprint density at radius 3 is 2.67 bits per heavy atom. The fourth-order valence-corrected chi connectivity index (χ4v) is 3.11. The van der Waals surface area contributed by atoms with Gasteiger partial charge in [0.05, 0.1) is 11.5 Å². The molecule has 0 spiro atoms. The van der Waals surface area contributed by atoms with Crippen LogP contribution in [0.2, 0.25) is 0 Å². The van der Waals surface area contributed by atoms with Crippen molar-refractivity contribution in [2.45, 2.75) is 18.9 Å². The van der Waals surface area contributed by atoms with Crippen LogP contribution < -0.4 is 5.32 Å². The first-order valence-corrected chi connectivity index (χ1v) is 6.71. The maximum absolute atomic E-state index is 11.2. The van der Waals surface area contributed by atoms with Crippen molar-refractivity contribution < 1.29 is 8.42 Å². The summed E-state index contributed by atoms with van der Waals surface area (Å²) in [7, 11) is -2.78. The molecule has 0 saturated carbocycles. The van der Waals surface area contributed by atoms with E-state index in [2.05, 4.69) is 15.3 Å². The molecule has 1 fully saturated rings. The van der Waals surface area contributed by atoms with Gasteiger partial charge in [0.2, 0.25) is 0 Å². The lowest BCUT2D eigenvalue weighted by atomic mass is 10.1. The van der Waals surface area contributed by atoms with Gasteiger partial charge in [0.15, 0.2) is 0 Å². The number of sulfone groups is 1. The summed E-state index contributed by atoms with van der Waals surface area (Å²) in [6.45, 7) is 0. The average molecular weight is 227 g/mol. The monoisotopic (exact) mass is 227 g/mol. The Bertz CT molecular complexity index is 404. The molecule has 15 heavy (non-hydrogen) atoms. The zero-order valence-electron chi connectivity index (χ0n) is 8.26. The third-order valence-corrected chi connectivity index (χ3v) is 4.20. The summed E-state index contributed by atoms with van der Waals surface area (Å²) in [5, 5.41) is 3.20. The van der Waals surface area contributed by atoms with Gasteiger partial charge in [-0.3, -0.25) is 0 Å². The lowest BCUT2D eigenvalue weighted by molar-refractivity contribution is 0.559. The molecule has 1 aliphatic rings. The highest BCUT2D eigenvalue weighted by Crippen LogP contribution is 2.15. The molecule has 0 bridgehead atoms. The van der Waals surface area contributed by atoms with Crippen LogP contribution in [0.25, 0.3) is 0 Å². The van der Waals surface area contributed by atoms with E-state index in [1.165, 1.54) is 6.33 Å². The van der Waals surface area contributed by atoms with Gasteiger partial charge in [-0.1, -0.05) is 0 Å². The normalized spacial score (nSPS) is 21.1. The summed E-state index contributed by atoms with van der Waals surface area (Å²) in [5.41, 5.74) is 0. The highest BCUT2D eigenvalue weighted by Gasteiger charge is 2.23. The Morgan fingerprint density at radius 2 is 2.07 bits per heavy atom. The molecular formula is C9H13N3O2S. The van der Waals surface area contributed by atoms with Gasteiger partial charge in [0.1, 0.15) is 22.0 Å². The molecule has 0 atom stereocenters. The summed E-state index contributed by atoms with van der Waals surface area (Å²) in [6, 6.07) is 1.99. The maximum Gasteiger partial charge on any atom is 0.150 e. The summed E-state index contributed by atoms with van der Waals surface area (Å²) < 4.78 is 22.4. The number of nitrogens with zero attached hydrogens (tertiary/aromatic N) is 2. The van der Waals surface area contributed by atoms with Crippen LogP contribution >= 0.6 is 0 Å². The predicted octanol–water partition coefficient (Wildman–Crippen LogP) is 0.466. The van der Waals surface area contributed by atoms with Crippen LogP contribution in [0.15, 0.2) is 18.6 Å². The quantitative estimate of drug-likeness (QED) is 0.795. The third-order valence-electron chi connectivity index (χ3n) is 2.49. The molecule has 0 radical (unpaired) electrons. The van der Waals surface area contributed by atoms with Gasteiger partial charge in [0, 0.05) is 12.2 Å². The summed E-state index contributed by atoms with van der Waals surface area (Å²) >= 11 is 0. The number of anilines is 1. The van der Waals surface area contributed by atoms with E-state index in [1.54, 1.807) is 12.3 Å². The Balaban J connectivity index is 1.93. The molecule has 1 aromatic rings. The van der Waals surface area contributed by atoms with Gasteiger partial charge in [-0.2, -0.15) is 0 Å². The summed E-state index contributed by atoms with van der Waals surface area (Å²) in [5.74, 6) is 1.31. The van der Waals surface area contributed by atoms with Crippen molar-refractivity contribution in [3.63, 3.8) is 0 Å². The summed E-state index contributed by atoms with van der Waals surface area (Å²) in [4.78, 5) is 7.85. The second kappa shape index (κ2) is 4.14. The highest BCUT2D eigenvalue weighted by atomic mass is 32.2. The lowest BCUT2D eigenvalue weighted by Gasteiger charge is -2.23. The second-order valence-corrected chi connectivity index (χ2v) is 5.97. The van der Waals surface area contributed by atoms with Crippen molar-refractivity contribution in [3.05, 3.63) is 18.6 Å². The van der Waals surface area contributed by atoms with E-state index in [0.717, 1.165) is 5.82 Å². The molecule has 0 aromatic carbocycles. The molecule has 1 aromatic heterocycles. The fourth-order valence-electron chi connectivity index (χ4n) is 1.62. The first-order chi connectivity index (χ1) is 7.16. The van der Waals surface area contributed by atoms with E-state index in [9.17, 15) is 8.42 Å². The molecule has 1 N–H and O–H groups in total. The Labute approximate surface area is 88.9 Å². The van der Waals surface area contributed by atoms with Gasteiger partial charge >= 0.3 is 0 Å². The van der Waals surface area contributed by atoms with Crippen molar-refractivity contribution in [1.82, 2.24) is 9.97 Å². The standard InChI is InChI=1S/C9H13N3O2S/c13-15(14)5-2-8(3-6-15)12-9-1-4-10-7-11-9/h1,4,7-8H,2-3,5-6H2,(H,10,11,12). The molecule has 0 amide bonds. The van der Waals surface area contributed by atoms with Crippen molar-refractivity contribution in [2.24, 2.45) is 0 Å². The third kappa shape index (κ3) is 2.89. The zero-order chi connectivity index (χ0) is 10.7. The van der Waals surface area contributed by atoms with Crippen molar-refractivity contribution in [1.29, 1.82) is 0 Å². The van der Waals surface area contributed by atoms with Crippen LogP contribution in [-0.2, 0) is 9.84 Å². The SMILES string of the molecule is O=S1(=O)CCC(Nc2ccncn2)CC1. The van der Waals surface area contributed by atoms with E-state index < -0.39 is 9.84 Å². The largest absolute Gasteiger partial charge is 0.367 e. The molecular weight excluding hydrogens is 214 g/mol. The van der Waals surface area contributed by atoms with Gasteiger partial charge in [-0.05, 0) is 18.9 Å². The van der Waals surface area contributed by atoms with E-state index in [-0.39, 0.29) is 17.5 Å². The molecule has 2 heterocycles. The second-order valence-electron chi connectivity index (χ2n) is 3.67. The summed E-state index contributed by atoms with van der Waals surface area (Å²) in [6.07, 6.45) is 4.45. The van der Waals surface area contributed by atoms with Crippen molar-refractivity contribution in [3.8, 4) is 0 Å². The topological polar surface area (TPSA) is 72.0 Å². The Hall–Kier alpha value is -1.17. The van der Waals surface area contributed by atoms with E-state index in [1.807, 2.05) is 0 Å². The number of rotatable bonds is 2. The first kappa shape index (κ1) is 10.4.